The number of aliphatic carboxylic acids is 1. The topological polar surface area (TPSA) is 73.6 Å². The van der Waals surface area contributed by atoms with Crippen molar-refractivity contribution in [3.8, 4) is 5.75 Å². The van der Waals surface area contributed by atoms with Crippen molar-refractivity contribution in [3.05, 3.63) is 52.3 Å². The van der Waals surface area contributed by atoms with Crippen LogP contribution in [0.4, 0.5) is 0 Å². The van der Waals surface area contributed by atoms with Gasteiger partial charge in [0, 0.05) is 23.9 Å². The minimum Gasteiger partial charge on any atom is -0.480 e. The lowest BCUT2D eigenvalue weighted by molar-refractivity contribution is -0.139. The molecule has 0 saturated heterocycles. The van der Waals surface area contributed by atoms with Gasteiger partial charge in [0.1, 0.15) is 17.5 Å². The molecule has 0 saturated carbocycles. The van der Waals surface area contributed by atoms with Crippen molar-refractivity contribution in [2.45, 2.75) is 13.7 Å². The summed E-state index contributed by atoms with van der Waals surface area (Å²) >= 11 is 12.5. The molecular weight excluding hydrogens is 355 g/mol. The number of carbonyl (C=O) groups is 1. The van der Waals surface area contributed by atoms with Gasteiger partial charge in [-0.15, -0.1) is 0 Å². The van der Waals surface area contributed by atoms with Crippen LogP contribution in [0.5, 0.6) is 5.75 Å². The summed E-state index contributed by atoms with van der Waals surface area (Å²) in [4.78, 5) is 10.6. The van der Waals surface area contributed by atoms with E-state index in [9.17, 15) is 4.79 Å². The number of ether oxygens (including phenoxy) is 2. The largest absolute Gasteiger partial charge is 0.480 e. The van der Waals surface area contributed by atoms with E-state index in [0.29, 0.717) is 24.5 Å². The average Bonchev–Trinajstić information content (AvgIpc) is 3.02. The lowest BCUT2D eigenvalue weighted by Crippen LogP contribution is -2.10. The molecule has 0 unspecified atom stereocenters. The molecule has 1 aromatic carbocycles. The normalized spacial score (nSPS) is 10.6. The molecule has 2 rings (SSSR count). The van der Waals surface area contributed by atoms with E-state index in [4.69, 9.17) is 37.8 Å². The fourth-order valence-electron chi connectivity index (χ4n) is 2.02. The zero-order chi connectivity index (χ0) is 17.7. The Morgan fingerprint density at radius 3 is 2.75 bits per heavy atom. The fourth-order valence-corrected chi connectivity index (χ4v) is 2.51. The summed E-state index contributed by atoms with van der Waals surface area (Å²) in [5.41, 5.74) is 1.95. The van der Waals surface area contributed by atoms with Gasteiger partial charge >= 0.3 is 5.97 Å². The zero-order valence-electron chi connectivity index (χ0n) is 13.0. The van der Waals surface area contributed by atoms with Gasteiger partial charge < -0.3 is 14.6 Å². The van der Waals surface area contributed by atoms with Crippen molar-refractivity contribution in [3.63, 3.8) is 0 Å². The summed E-state index contributed by atoms with van der Waals surface area (Å²) in [6.07, 6.45) is 1.64. The third-order valence-corrected chi connectivity index (χ3v) is 4.03. The zero-order valence-corrected chi connectivity index (χ0v) is 14.5. The van der Waals surface area contributed by atoms with Gasteiger partial charge in [-0.3, -0.25) is 0 Å². The van der Waals surface area contributed by atoms with Crippen molar-refractivity contribution in [1.29, 1.82) is 0 Å². The molecule has 1 heterocycles. The van der Waals surface area contributed by atoms with E-state index in [1.54, 1.807) is 29.1 Å². The number of halogens is 2. The number of hydrogen-bond donors (Lipinski definition) is 1. The first kappa shape index (κ1) is 18.3. The Kier molecular flexibility index (Phi) is 6.25. The standard InChI is InChI=1S/C16H16Cl2N2O4/c1-3-23-9-20-12(6-7-19-20)10(2)11-4-5-13(16(18)15(11)17)24-8-14(21)22/h4-7H,2-3,8-9H2,1H3,(H,21,22). The van der Waals surface area contributed by atoms with E-state index >= 15 is 0 Å². The molecule has 1 aromatic heterocycles. The molecule has 0 aliphatic carbocycles. The van der Waals surface area contributed by atoms with Crippen LogP contribution in [0.15, 0.2) is 31.0 Å². The summed E-state index contributed by atoms with van der Waals surface area (Å²) in [7, 11) is 0. The number of hydrogen-bond acceptors (Lipinski definition) is 4. The van der Waals surface area contributed by atoms with Crippen LogP contribution < -0.4 is 4.74 Å². The molecule has 0 aliphatic heterocycles. The SMILES string of the molecule is C=C(c1ccc(OCC(=O)O)c(Cl)c1Cl)c1ccnn1COCC. The molecule has 0 radical (unpaired) electrons. The summed E-state index contributed by atoms with van der Waals surface area (Å²) in [6.45, 7) is 6.30. The number of carboxylic acids is 1. The highest BCUT2D eigenvalue weighted by Gasteiger charge is 2.17. The van der Waals surface area contributed by atoms with E-state index in [1.807, 2.05) is 6.92 Å². The molecular formula is C16H16Cl2N2O4. The van der Waals surface area contributed by atoms with Crippen LogP contribution in [0.1, 0.15) is 18.2 Å². The molecule has 0 amide bonds. The Morgan fingerprint density at radius 2 is 2.08 bits per heavy atom. The third kappa shape index (κ3) is 4.08. The Labute approximate surface area is 149 Å². The second kappa shape index (κ2) is 8.19. The van der Waals surface area contributed by atoms with Gasteiger partial charge in [-0.05, 0) is 25.1 Å². The van der Waals surface area contributed by atoms with Crippen LogP contribution in [-0.4, -0.2) is 34.1 Å². The second-order valence-corrected chi connectivity index (χ2v) is 5.49. The number of carboxylic acid groups (broad SMARTS) is 1. The number of nitrogens with zero attached hydrogens (tertiary/aromatic N) is 2. The van der Waals surface area contributed by atoms with Crippen LogP contribution in [0.25, 0.3) is 5.57 Å². The Hall–Kier alpha value is -2.02. The fraction of sp³-hybridized carbons (Fsp3) is 0.250. The first-order valence-electron chi connectivity index (χ1n) is 7.07. The average molecular weight is 371 g/mol. The molecule has 128 valence electrons. The van der Waals surface area contributed by atoms with E-state index in [-0.39, 0.29) is 15.8 Å². The van der Waals surface area contributed by atoms with E-state index in [1.165, 1.54) is 0 Å². The first-order valence-corrected chi connectivity index (χ1v) is 7.83. The van der Waals surface area contributed by atoms with Crippen molar-refractivity contribution in [2.75, 3.05) is 13.2 Å². The van der Waals surface area contributed by atoms with Gasteiger partial charge in [-0.2, -0.15) is 5.10 Å². The summed E-state index contributed by atoms with van der Waals surface area (Å²) < 4.78 is 12.1. The molecule has 6 nitrogen and oxygen atoms in total. The number of benzene rings is 1. The Bertz CT molecular complexity index is 759. The third-order valence-electron chi connectivity index (χ3n) is 3.17. The van der Waals surface area contributed by atoms with Crippen LogP contribution in [0.3, 0.4) is 0 Å². The summed E-state index contributed by atoms with van der Waals surface area (Å²) in [5, 5.41) is 13.2. The summed E-state index contributed by atoms with van der Waals surface area (Å²) in [6, 6.07) is 5.02. The predicted octanol–water partition coefficient (Wildman–Crippen LogP) is 3.71. The second-order valence-electron chi connectivity index (χ2n) is 4.74. The van der Waals surface area contributed by atoms with Crippen LogP contribution in [0, 0.1) is 0 Å². The minimum atomic E-state index is -1.10. The molecule has 24 heavy (non-hydrogen) atoms. The van der Waals surface area contributed by atoms with Gasteiger partial charge in [0.25, 0.3) is 0 Å². The maximum absolute atomic E-state index is 10.6. The molecule has 0 spiro atoms. The van der Waals surface area contributed by atoms with Gasteiger partial charge in [0.05, 0.1) is 10.7 Å². The molecule has 8 heteroatoms. The van der Waals surface area contributed by atoms with Gasteiger partial charge in [0.2, 0.25) is 0 Å². The monoisotopic (exact) mass is 370 g/mol. The van der Waals surface area contributed by atoms with Crippen molar-refractivity contribution in [2.24, 2.45) is 0 Å². The van der Waals surface area contributed by atoms with E-state index < -0.39 is 12.6 Å². The lowest BCUT2D eigenvalue weighted by Gasteiger charge is -2.14. The van der Waals surface area contributed by atoms with Crippen molar-refractivity contribution in [1.82, 2.24) is 9.78 Å². The molecule has 0 atom stereocenters. The molecule has 0 bridgehead atoms. The number of rotatable bonds is 8. The molecule has 1 N–H and O–H groups in total. The van der Waals surface area contributed by atoms with Gasteiger partial charge in [-0.25, -0.2) is 9.48 Å². The van der Waals surface area contributed by atoms with Crippen LogP contribution in [0.2, 0.25) is 10.0 Å². The van der Waals surface area contributed by atoms with Crippen LogP contribution >= 0.6 is 23.2 Å². The lowest BCUT2D eigenvalue weighted by atomic mass is 10.0. The highest BCUT2D eigenvalue weighted by molar-refractivity contribution is 6.44. The Morgan fingerprint density at radius 1 is 1.33 bits per heavy atom. The molecule has 0 aliphatic rings. The highest BCUT2D eigenvalue weighted by Crippen LogP contribution is 2.38. The highest BCUT2D eigenvalue weighted by atomic mass is 35.5. The van der Waals surface area contributed by atoms with Crippen molar-refractivity contribution >= 4 is 34.7 Å². The maximum atomic E-state index is 10.6. The van der Waals surface area contributed by atoms with Gasteiger partial charge in [-0.1, -0.05) is 29.8 Å². The summed E-state index contributed by atoms with van der Waals surface area (Å²) in [5.74, 6) is -0.904. The number of aromatic nitrogens is 2. The first-order chi connectivity index (χ1) is 11.5. The van der Waals surface area contributed by atoms with E-state index in [0.717, 1.165) is 5.69 Å². The minimum absolute atomic E-state index is 0.132. The quantitative estimate of drug-likeness (QED) is 0.766. The van der Waals surface area contributed by atoms with E-state index in [2.05, 4.69) is 11.7 Å². The van der Waals surface area contributed by atoms with Crippen molar-refractivity contribution < 1.29 is 19.4 Å². The van der Waals surface area contributed by atoms with Crippen LogP contribution in [-0.2, 0) is 16.3 Å². The smallest absolute Gasteiger partial charge is 0.341 e. The predicted molar refractivity (Wildman–Crippen MR) is 91.6 cm³/mol. The maximum Gasteiger partial charge on any atom is 0.341 e. The van der Waals surface area contributed by atoms with Gasteiger partial charge in [0.15, 0.2) is 6.61 Å². The molecule has 0 fully saturated rings. The molecule has 2 aromatic rings. The Balaban J connectivity index is 2.29.